The van der Waals surface area contributed by atoms with Crippen LogP contribution in [0.4, 0.5) is 11.6 Å². The number of nitrogens with zero attached hydrogens (tertiary/aromatic N) is 7. The predicted octanol–water partition coefficient (Wildman–Crippen LogP) is 10.0. The lowest BCUT2D eigenvalue weighted by Crippen LogP contribution is -2.48. The molecule has 306 valence electrons. The molecular formula is C45H68N8OS2. The van der Waals surface area contributed by atoms with Crippen molar-refractivity contribution in [3.05, 3.63) is 34.5 Å². The van der Waals surface area contributed by atoms with Crippen molar-refractivity contribution < 1.29 is 4.74 Å². The standard InChI is InChI=1S/C24H36N4OS.C21H32N4S/c1-17-12-27(13-18(2)29-17)14-19-8-10-28(11-9-19)23-22-21(20-6-4-3-5-7-20)15-30-24(22)26-16-25-23;1-15(2)22-12-16-8-10-25(11-9-16)20-19-18(17-6-4-3-5-7-17)13-26-21(19)24-14-23-20/h15-20H,3-14H2,1-2H3;13-17,22H,3-12H2,1-2H3. The average Bonchev–Trinajstić information content (AvgIpc) is 3.87. The molecule has 0 aromatic carbocycles. The zero-order valence-electron chi connectivity index (χ0n) is 34.8. The molecule has 9 nitrogen and oxygen atoms in total. The second kappa shape index (κ2) is 19.1. The van der Waals surface area contributed by atoms with Crippen molar-refractivity contribution in [2.45, 2.75) is 148 Å². The number of aromatic nitrogens is 4. The van der Waals surface area contributed by atoms with Gasteiger partial charge in [0.25, 0.3) is 0 Å². The van der Waals surface area contributed by atoms with Crippen molar-refractivity contribution >= 4 is 54.7 Å². The fourth-order valence-corrected chi connectivity index (χ4v) is 12.5. The van der Waals surface area contributed by atoms with Gasteiger partial charge in [0, 0.05) is 51.9 Å². The molecule has 11 heteroatoms. The molecule has 4 aromatic heterocycles. The number of thiophene rings is 2. The van der Waals surface area contributed by atoms with Gasteiger partial charge in [-0.05, 0) is 117 Å². The normalized spacial score (nSPS) is 24.3. The first-order chi connectivity index (χ1) is 27.4. The summed E-state index contributed by atoms with van der Waals surface area (Å²) in [7, 11) is 0. The third-order valence-electron chi connectivity index (χ3n) is 13.5. The summed E-state index contributed by atoms with van der Waals surface area (Å²) >= 11 is 3.62. The van der Waals surface area contributed by atoms with E-state index < -0.39 is 0 Å². The Balaban J connectivity index is 0.000000159. The van der Waals surface area contributed by atoms with Crippen LogP contribution < -0.4 is 15.1 Å². The van der Waals surface area contributed by atoms with Crippen LogP contribution in [0, 0.1) is 11.8 Å². The third-order valence-corrected chi connectivity index (χ3v) is 15.3. The van der Waals surface area contributed by atoms with Gasteiger partial charge in [0.2, 0.25) is 0 Å². The van der Waals surface area contributed by atoms with Gasteiger partial charge < -0.3 is 19.9 Å². The average molecular weight is 801 g/mol. The summed E-state index contributed by atoms with van der Waals surface area (Å²) in [4.78, 5) is 28.8. The Kier molecular flexibility index (Phi) is 13.8. The number of piperidine rings is 2. The number of morpholine rings is 1. The Morgan fingerprint density at radius 3 is 1.57 bits per heavy atom. The van der Waals surface area contributed by atoms with Crippen molar-refractivity contribution in [1.29, 1.82) is 0 Å². The Morgan fingerprint density at radius 1 is 0.643 bits per heavy atom. The number of hydrogen-bond donors (Lipinski definition) is 1. The van der Waals surface area contributed by atoms with Gasteiger partial charge in [-0.1, -0.05) is 52.4 Å². The van der Waals surface area contributed by atoms with Crippen LogP contribution >= 0.6 is 22.7 Å². The molecule has 56 heavy (non-hydrogen) atoms. The highest BCUT2D eigenvalue weighted by Gasteiger charge is 2.30. The van der Waals surface area contributed by atoms with E-state index in [2.05, 4.69) is 68.4 Å². The van der Waals surface area contributed by atoms with Gasteiger partial charge in [-0.15, -0.1) is 22.7 Å². The molecule has 2 atom stereocenters. The van der Waals surface area contributed by atoms with Crippen molar-refractivity contribution in [2.24, 2.45) is 11.8 Å². The van der Waals surface area contributed by atoms with Gasteiger partial charge >= 0.3 is 0 Å². The molecule has 2 unspecified atom stereocenters. The van der Waals surface area contributed by atoms with E-state index >= 15 is 0 Å². The summed E-state index contributed by atoms with van der Waals surface area (Å²) in [6.07, 6.45) is 22.9. The van der Waals surface area contributed by atoms with Crippen LogP contribution in [-0.4, -0.2) is 95.4 Å². The molecule has 5 fully saturated rings. The molecule has 7 heterocycles. The van der Waals surface area contributed by atoms with Crippen LogP contribution in [0.25, 0.3) is 20.4 Å². The summed E-state index contributed by atoms with van der Waals surface area (Å²) in [6.45, 7) is 17.9. The van der Waals surface area contributed by atoms with E-state index in [1.807, 2.05) is 22.7 Å². The summed E-state index contributed by atoms with van der Waals surface area (Å²) < 4.78 is 5.91. The third kappa shape index (κ3) is 9.70. The molecule has 3 aliphatic heterocycles. The zero-order chi connectivity index (χ0) is 38.4. The second-order valence-electron chi connectivity index (χ2n) is 18.2. The highest BCUT2D eigenvalue weighted by Crippen LogP contribution is 2.43. The lowest BCUT2D eigenvalue weighted by Gasteiger charge is -2.40. The van der Waals surface area contributed by atoms with Crippen LogP contribution in [0.15, 0.2) is 23.4 Å². The summed E-state index contributed by atoms with van der Waals surface area (Å²) in [5, 5.41) is 11.1. The Labute approximate surface area is 344 Å². The van der Waals surface area contributed by atoms with Crippen LogP contribution in [0.1, 0.15) is 141 Å². The molecule has 4 aromatic rings. The first-order valence-corrected chi connectivity index (χ1v) is 24.2. The minimum absolute atomic E-state index is 0.361. The van der Waals surface area contributed by atoms with E-state index in [9.17, 15) is 0 Å². The maximum Gasteiger partial charge on any atom is 0.141 e. The summed E-state index contributed by atoms with van der Waals surface area (Å²) in [5.74, 6) is 5.42. The quantitative estimate of drug-likeness (QED) is 0.178. The molecule has 3 saturated heterocycles. The van der Waals surface area contributed by atoms with E-state index in [0.717, 1.165) is 63.6 Å². The number of nitrogens with one attached hydrogen (secondary N) is 1. The van der Waals surface area contributed by atoms with Crippen molar-refractivity contribution in [3.63, 3.8) is 0 Å². The van der Waals surface area contributed by atoms with E-state index in [4.69, 9.17) is 14.7 Å². The molecule has 0 bridgehead atoms. The van der Waals surface area contributed by atoms with E-state index in [1.165, 1.54) is 140 Å². The monoisotopic (exact) mass is 800 g/mol. The molecule has 1 N–H and O–H groups in total. The first-order valence-electron chi connectivity index (χ1n) is 22.4. The highest BCUT2D eigenvalue weighted by atomic mass is 32.1. The van der Waals surface area contributed by atoms with Gasteiger partial charge in [0.05, 0.1) is 23.0 Å². The lowest BCUT2D eigenvalue weighted by atomic mass is 9.84. The van der Waals surface area contributed by atoms with Crippen LogP contribution in [0.2, 0.25) is 0 Å². The van der Waals surface area contributed by atoms with Crippen molar-refractivity contribution in [3.8, 4) is 0 Å². The number of ether oxygens (including phenoxy) is 1. The zero-order valence-corrected chi connectivity index (χ0v) is 36.4. The molecule has 2 aliphatic carbocycles. The molecule has 0 spiro atoms. The van der Waals surface area contributed by atoms with Gasteiger partial charge in [0.1, 0.15) is 34.0 Å². The largest absolute Gasteiger partial charge is 0.373 e. The minimum Gasteiger partial charge on any atom is -0.373 e. The van der Waals surface area contributed by atoms with Crippen LogP contribution in [-0.2, 0) is 4.74 Å². The lowest BCUT2D eigenvalue weighted by molar-refractivity contribution is -0.0720. The highest BCUT2D eigenvalue weighted by molar-refractivity contribution is 7.17. The number of anilines is 2. The Hall–Kier alpha value is -2.44. The molecular weight excluding hydrogens is 733 g/mol. The fraction of sp³-hybridized carbons (Fsp3) is 0.733. The van der Waals surface area contributed by atoms with Crippen molar-refractivity contribution in [1.82, 2.24) is 30.2 Å². The minimum atomic E-state index is 0.361. The Morgan fingerprint density at radius 2 is 1.11 bits per heavy atom. The first kappa shape index (κ1) is 40.3. The van der Waals surface area contributed by atoms with E-state index in [1.54, 1.807) is 12.7 Å². The van der Waals surface area contributed by atoms with Crippen LogP contribution in [0.3, 0.4) is 0 Å². The Bertz CT molecular complexity index is 1810. The molecule has 2 saturated carbocycles. The van der Waals surface area contributed by atoms with Crippen LogP contribution in [0.5, 0.6) is 0 Å². The smallest absolute Gasteiger partial charge is 0.141 e. The molecule has 5 aliphatic rings. The number of rotatable bonds is 9. The van der Waals surface area contributed by atoms with Gasteiger partial charge in [-0.25, -0.2) is 19.9 Å². The molecule has 0 amide bonds. The van der Waals surface area contributed by atoms with E-state index in [-0.39, 0.29) is 0 Å². The van der Waals surface area contributed by atoms with Gasteiger partial charge in [-0.3, -0.25) is 4.90 Å². The fourth-order valence-electron chi connectivity index (χ4n) is 10.5. The molecule has 0 radical (unpaired) electrons. The predicted molar refractivity (Wildman–Crippen MR) is 236 cm³/mol. The summed E-state index contributed by atoms with van der Waals surface area (Å²) in [6, 6.07) is 0.582. The maximum absolute atomic E-state index is 5.91. The van der Waals surface area contributed by atoms with Gasteiger partial charge in [0.15, 0.2) is 0 Å². The van der Waals surface area contributed by atoms with E-state index in [0.29, 0.717) is 24.2 Å². The SMILES string of the molecule is CC(C)NCC1CCN(c2ncnc3scc(C4CCCCC4)c23)CC1.CC1CN(CC2CCN(c3ncnc4scc(C5CCCCC5)c34)CC2)CC(C)O1. The van der Waals surface area contributed by atoms with Gasteiger partial charge in [-0.2, -0.15) is 0 Å². The van der Waals surface area contributed by atoms with Crippen molar-refractivity contribution in [2.75, 3.05) is 62.2 Å². The maximum atomic E-state index is 5.91. The topological polar surface area (TPSA) is 82.5 Å². The summed E-state index contributed by atoms with van der Waals surface area (Å²) in [5.41, 5.74) is 3.06. The second-order valence-corrected chi connectivity index (χ2v) is 19.9. The number of fused-ring (bicyclic) bond motifs is 2. The molecule has 9 rings (SSSR count). The number of hydrogen-bond acceptors (Lipinski definition) is 11.